The Bertz CT molecular complexity index is 928. The van der Waals surface area contributed by atoms with E-state index in [1.807, 2.05) is 33.8 Å². The molecule has 2 amide bonds. The van der Waals surface area contributed by atoms with Crippen LogP contribution < -0.4 is 0 Å². The zero-order valence-electron chi connectivity index (χ0n) is 17.5. The van der Waals surface area contributed by atoms with Crippen LogP contribution in [0.2, 0.25) is 0 Å². The first-order valence-electron chi connectivity index (χ1n) is 9.88. The van der Waals surface area contributed by atoms with Crippen molar-refractivity contribution in [2.24, 2.45) is 0 Å². The summed E-state index contributed by atoms with van der Waals surface area (Å²) < 4.78 is 12.7. The van der Waals surface area contributed by atoms with Gasteiger partial charge in [0.05, 0.1) is 30.9 Å². The molecule has 0 spiro atoms. The Labute approximate surface area is 169 Å². The van der Waals surface area contributed by atoms with Crippen molar-refractivity contribution in [3.8, 4) is 0 Å². The predicted octanol–water partition coefficient (Wildman–Crippen LogP) is 2.42. The van der Waals surface area contributed by atoms with Crippen molar-refractivity contribution in [2.45, 2.75) is 64.8 Å². The van der Waals surface area contributed by atoms with Crippen LogP contribution >= 0.6 is 0 Å². The summed E-state index contributed by atoms with van der Waals surface area (Å²) in [5, 5.41) is 8.54. The molecule has 9 nitrogen and oxygen atoms in total. The van der Waals surface area contributed by atoms with Gasteiger partial charge in [0.2, 0.25) is 0 Å². The molecular formula is C20H27N5O4. The summed E-state index contributed by atoms with van der Waals surface area (Å²) in [6.07, 6.45) is 1.82. The lowest BCUT2D eigenvalue weighted by atomic mass is 9.99. The molecule has 29 heavy (non-hydrogen) atoms. The molecule has 2 aromatic rings. The predicted molar refractivity (Wildman–Crippen MR) is 103 cm³/mol. The number of carbonyl (C=O) groups excluding carboxylic acids is 2. The number of aromatic nitrogens is 3. The Morgan fingerprint density at radius 2 is 2.07 bits per heavy atom. The Balaban J connectivity index is 1.68. The lowest BCUT2D eigenvalue weighted by Crippen LogP contribution is -2.45. The summed E-state index contributed by atoms with van der Waals surface area (Å²) in [4.78, 5) is 29.2. The fourth-order valence-corrected chi connectivity index (χ4v) is 4.01. The van der Waals surface area contributed by atoms with Crippen LogP contribution in [0, 0.1) is 0 Å². The topological polar surface area (TPSA) is 93.7 Å². The quantitative estimate of drug-likeness (QED) is 0.728. The molecule has 4 heterocycles. The van der Waals surface area contributed by atoms with E-state index >= 15 is 0 Å². The van der Waals surface area contributed by atoms with Crippen LogP contribution in [-0.2, 0) is 24.2 Å². The molecule has 0 N–H and O–H groups in total. The van der Waals surface area contributed by atoms with Gasteiger partial charge in [-0.2, -0.15) is 5.10 Å². The molecule has 0 aromatic carbocycles. The van der Waals surface area contributed by atoms with Crippen molar-refractivity contribution in [3.63, 3.8) is 0 Å². The molecule has 0 unspecified atom stereocenters. The number of fused-ring (bicyclic) bond motifs is 3. The zero-order valence-corrected chi connectivity index (χ0v) is 17.5. The summed E-state index contributed by atoms with van der Waals surface area (Å²) in [5.41, 5.74) is 1.65. The van der Waals surface area contributed by atoms with Crippen LogP contribution in [0.5, 0.6) is 0 Å². The van der Waals surface area contributed by atoms with Gasteiger partial charge in [0, 0.05) is 37.7 Å². The smallest absolute Gasteiger partial charge is 0.410 e. The van der Waals surface area contributed by atoms with Crippen molar-refractivity contribution in [1.29, 1.82) is 0 Å². The van der Waals surface area contributed by atoms with E-state index in [9.17, 15) is 9.59 Å². The van der Waals surface area contributed by atoms with E-state index < -0.39 is 5.60 Å². The van der Waals surface area contributed by atoms with Gasteiger partial charge in [-0.05, 0) is 27.7 Å². The van der Waals surface area contributed by atoms with Gasteiger partial charge in [-0.1, -0.05) is 5.16 Å². The van der Waals surface area contributed by atoms with Crippen molar-refractivity contribution in [1.82, 2.24) is 24.7 Å². The van der Waals surface area contributed by atoms with Crippen molar-refractivity contribution >= 4 is 12.0 Å². The molecule has 0 aliphatic carbocycles. The molecule has 0 radical (unpaired) electrons. The van der Waals surface area contributed by atoms with Gasteiger partial charge < -0.3 is 19.1 Å². The van der Waals surface area contributed by atoms with E-state index in [2.05, 4.69) is 5.16 Å². The number of hydrogen-bond donors (Lipinski definition) is 0. The molecule has 0 bridgehead atoms. The minimum absolute atomic E-state index is 0.0339. The average Bonchev–Trinajstić information content (AvgIpc) is 3.23. The van der Waals surface area contributed by atoms with Gasteiger partial charge in [0.1, 0.15) is 17.1 Å². The number of hydrogen-bond acceptors (Lipinski definition) is 6. The van der Waals surface area contributed by atoms with E-state index in [1.165, 1.54) is 0 Å². The number of nitrogens with zero attached hydrogens (tertiary/aromatic N) is 5. The molecule has 0 fully saturated rings. The number of likely N-dealkylation sites (N-methyl/N-ethyl adjacent to an activating group) is 1. The van der Waals surface area contributed by atoms with Gasteiger partial charge in [0.25, 0.3) is 5.91 Å². The third-order valence-electron chi connectivity index (χ3n) is 5.41. The van der Waals surface area contributed by atoms with Crippen LogP contribution in [0.25, 0.3) is 0 Å². The first kappa shape index (κ1) is 19.5. The van der Waals surface area contributed by atoms with Gasteiger partial charge in [-0.3, -0.25) is 9.48 Å². The van der Waals surface area contributed by atoms with Gasteiger partial charge in [-0.15, -0.1) is 0 Å². The second-order valence-corrected chi connectivity index (χ2v) is 8.91. The molecular weight excluding hydrogens is 374 g/mol. The summed E-state index contributed by atoms with van der Waals surface area (Å²) in [5.74, 6) is 0.600. The highest BCUT2D eigenvalue weighted by atomic mass is 16.6. The zero-order chi connectivity index (χ0) is 20.9. The normalized spacial score (nSPS) is 22.2. The first-order valence-corrected chi connectivity index (χ1v) is 9.88. The second kappa shape index (κ2) is 6.89. The van der Waals surface area contributed by atoms with E-state index in [4.69, 9.17) is 14.4 Å². The van der Waals surface area contributed by atoms with E-state index in [0.717, 1.165) is 17.0 Å². The Hall–Kier alpha value is -2.84. The number of carbonyl (C=O) groups is 2. The minimum Gasteiger partial charge on any atom is -0.444 e. The lowest BCUT2D eigenvalue weighted by Gasteiger charge is -2.34. The molecule has 2 aliphatic heterocycles. The largest absolute Gasteiger partial charge is 0.444 e. The fourth-order valence-electron chi connectivity index (χ4n) is 4.01. The van der Waals surface area contributed by atoms with Gasteiger partial charge in [-0.25, -0.2) is 4.79 Å². The van der Waals surface area contributed by atoms with Crippen molar-refractivity contribution < 1.29 is 18.8 Å². The van der Waals surface area contributed by atoms with Crippen LogP contribution in [-0.4, -0.2) is 62.0 Å². The monoisotopic (exact) mass is 401 g/mol. The Morgan fingerprint density at radius 1 is 1.31 bits per heavy atom. The highest BCUT2D eigenvalue weighted by Crippen LogP contribution is 2.31. The average molecular weight is 401 g/mol. The van der Waals surface area contributed by atoms with E-state index in [1.54, 1.807) is 27.7 Å². The molecule has 2 aromatic heterocycles. The summed E-state index contributed by atoms with van der Waals surface area (Å²) in [6.45, 7) is 8.86. The van der Waals surface area contributed by atoms with E-state index in [0.29, 0.717) is 31.7 Å². The van der Waals surface area contributed by atoms with Crippen molar-refractivity contribution in [3.05, 3.63) is 35.0 Å². The highest BCUT2D eigenvalue weighted by Gasteiger charge is 2.38. The Morgan fingerprint density at radius 3 is 2.72 bits per heavy atom. The van der Waals surface area contributed by atoms with Crippen LogP contribution in [0.1, 0.15) is 61.1 Å². The molecule has 0 saturated heterocycles. The first-order chi connectivity index (χ1) is 13.6. The molecule has 156 valence electrons. The fraction of sp³-hybridized carbons (Fsp3) is 0.600. The maximum Gasteiger partial charge on any atom is 0.410 e. The SMILES string of the molecule is C[C@@H]1Cc2nn3c(c2CN1C(=O)OC(C)(C)C)C(=O)N(C)C[C@@H](c1ccno1)C3. The maximum absolute atomic E-state index is 13.2. The number of ether oxygens (including phenoxy) is 1. The Kier molecular flexibility index (Phi) is 4.63. The highest BCUT2D eigenvalue weighted by molar-refractivity contribution is 5.94. The molecule has 2 aliphatic rings. The van der Waals surface area contributed by atoms with Crippen molar-refractivity contribution in [2.75, 3.05) is 13.6 Å². The molecule has 9 heteroatoms. The standard InChI is InChI=1S/C20H27N5O4/c1-12-8-15-14(11-24(12)19(27)28-20(2,3)4)17-18(26)23(5)9-13(10-25(17)22-15)16-6-7-21-29-16/h6-7,12-13H,8-11H2,1-5H3/t12-,13-/m1/s1. The van der Waals surface area contributed by atoms with E-state index in [-0.39, 0.29) is 24.0 Å². The third-order valence-corrected chi connectivity index (χ3v) is 5.41. The molecule has 2 atom stereocenters. The number of amides is 2. The van der Waals surface area contributed by atoms with Crippen LogP contribution in [0.15, 0.2) is 16.8 Å². The third kappa shape index (κ3) is 3.61. The second-order valence-electron chi connectivity index (χ2n) is 8.91. The maximum atomic E-state index is 13.2. The number of rotatable bonds is 1. The lowest BCUT2D eigenvalue weighted by molar-refractivity contribution is 0.0136. The van der Waals surface area contributed by atoms with Gasteiger partial charge >= 0.3 is 6.09 Å². The summed E-state index contributed by atoms with van der Waals surface area (Å²) >= 11 is 0. The minimum atomic E-state index is -0.576. The van der Waals surface area contributed by atoms with Gasteiger partial charge in [0.15, 0.2) is 0 Å². The summed E-state index contributed by atoms with van der Waals surface area (Å²) in [6, 6.07) is 1.76. The molecule has 0 saturated carbocycles. The van der Waals surface area contributed by atoms with Crippen LogP contribution in [0.3, 0.4) is 0 Å². The van der Waals surface area contributed by atoms with Crippen LogP contribution in [0.4, 0.5) is 4.79 Å². The molecule has 4 rings (SSSR count). The summed E-state index contributed by atoms with van der Waals surface area (Å²) in [7, 11) is 1.78.